The summed E-state index contributed by atoms with van der Waals surface area (Å²) in [4.78, 5) is 16.2. The molecule has 4 rings (SSSR count). The van der Waals surface area contributed by atoms with Gasteiger partial charge < -0.3 is 4.90 Å². The summed E-state index contributed by atoms with van der Waals surface area (Å²) in [6, 6.07) is 10.7. The predicted octanol–water partition coefficient (Wildman–Crippen LogP) is 1.86. The topological polar surface area (TPSA) is 60.9 Å². The van der Waals surface area contributed by atoms with Crippen LogP contribution in [-0.2, 0) is 27.8 Å². The highest BCUT2D eigenvalue weighted by Gasteiger charge is 2.30. The summed E-state index contributed by atoms with van der Waals surface area (Å²) in [7, 11) is -3.90. The first-order valence-corrected chi connectivity index (χ1v) is 11.3. The Hall–Kier alpha value is -2.36. The Morgan fingerprint density at radius 1 is 0.900 bits per heavy atom. The maximum Gasteiger partial charge on any atom is 0.243 e. The molecule has 2 aromatic carbocycles. The van der Waals surface area contributed by atoms with Crippen LogP contribution in [0.3, 0.4) is 0 Å². The number of piperazine rings is 1. The van der Waals surface area contributed by atoms with Gasteiger partial charge in [-0.15, -0.1) is 0 Å². The van der Waals surface area contributed by atoms with E-state index in [9.17, 15) is 22.0 Å². The standard InChI is InChI=1S/C21H23F2N3O3S/c22-19-6-5-18(13-20(19)23)30(28,29)26-11-9-24(10-12-26)15-21(27)25-8-7-16-3-1-2-4-17(16)14-25/h1-6,13H,7-12,14-15H2. The van der Waals surface area contributed by atoms with Gasteiger partial charge in [0.15, 0.2) is 11.6 Å². The first-order chi connectivity index (χ1) is 14.3. The molecule has 9 heteroatoms. The number of rotatable bonds is 4. The van der Waals surface area contributed by atoms with E-state index in [2.05, 4.69) is 6.07 Å². The van der Waals surface area contributed by atoms with Crippen molar-refractivity contribution < 1.29 is 22.0 Å². The van der Waals surface area contributed by atoms with E-state index >= 15 is 0 Å². The maximum absolute atomic E-state index is 13.4. The van der Waals surface area contributed by atoms with Crippen molar-refractivity contribution in [2.45, 2.75) is 17.9 Å². The van der Waals surface area contributed by atoms with E-state index < -0.39 is 21.7 Å². The number of carbonyl (C=O) groups excluding carboxylic acids is 1. The Labute approximate surface area is 174 Å². The number of benzene rings is 2. The number of sulfonamides is 1. The van der Waals surface area contributed by atoms with Gasteiger partial charge in [-0.1, -0.05) is 24.3 Å². The predicted molar refractivity (Wildman–Crippen MR) is 107 cm³/mol. The van der Waals surface area contributed by atoms with Gasteiger partial charge in [-0.25, -0.2) is 17.2 Å². The van der Waals surface area contributed by atoms with E-state index in [0.29, 0.717) is 32.2 Å². The number of amides is 1. The molecule has 2 aliphatic rings. The molecule has 0 radical (unpaired) electrons. The van der Waals surface area contributed by atoms with Crippen molar-refractivity contribution >= 4 is 15.9 Å². The number of carbonyl (C=O) groups is 1. The third-order valence-corrected chi connectivity index (χ3v) is 7.60. The Kier molecular flexibility index (Phi) is 5.86. The van der Waals surface area contributed by atoms with E-state index in [4.69, 9.17) is 0 Å². The molecule has 0 spiro atoms. The van der Waals surface area contributed by atoms with Crippen LogP contribution in [0.15, 0.2) is 47.4 Å². The number of hydrogen-bond donors (Lipinski definition) is 0. The molecule has 160 valence electrons. The monoisotopic (exact) mass is 435 g/mol. The van der Waals surface area contributed by atoms with E-state index in [1.807, 2.05) is 28.0 Å². The van der Waals surface area contributed by atoms with Gasteiger partial charge in [0.2, 0.25) is 15.9 Å². The molecule has 0 bridgehead atoms. The molecular formula is C21H23F2N3O3S. The molecule has 1 saturated heterocycles. The number of nitrogens with zero attached hydrogens (tertiary/aromatic N) is 3. The SMILES string of the molecule is O=C(CN1CCN(S(=O)(=O)c2ccc(F)c(F)c2)CC1)N1CCc2ccccc2C1. The van der Waals surface area contributed by atoms with E-state index in [1.54, 1.807) is 0 Å². The fraction of sp³-hybridized carbons (Fsp3) is 0.381. The normalized spacial score (nSPS) is 18.3. The third kappa shape index (κ3) is 4.23. The highest BCUT2D eigenvalue weighted by molar-refractivity contribution is 7.89. The maximum atomic E-state index is 13.4. The highest BCUT2D eigenvalue weighted by atomic mass is 32.2. The minimum absolute atomic E-state index is 0.0291. The van der Waals surface area contributed by atoms with Crippen LogP contribution in [0.25, 0.3) is 0 Å². The van der Waals surface area contributed by atoms with E-state index in [1.165, 1.54) is 15.4 Å². The van der Waals surface area contributed by atoms with Gasteiger partial charge in [0.05, 0.1) is 11.4 Å². The van der Waals surface area contributed by atoms with Crippen LogP contribution >= 0.6 is 0 Å². The largest absolute Gasteiger partial charge is 0.337 e. The zero-order chi connectivity index (χ0) is 21.3. The van der Waals surface area contributed by atoms with Gasteiger partial charge in [0, 0.05) is 39.3 Å². The molecule has 0 atom stereocenters. The lowest BCUT2D eigenvalue weighted by molar-refractivity contribution is -0.133. The smallest absolute Gasteiger partial charge is 0.243 e. The summed E-state index contributed by atoms with van der Waals surface area (Å²) in [6.45, 7) is 2.70. The number of fused-ring (bicyclic) bond motifs is 1. The van der Waals surface area contributed by atoms with Gasteiger partial charge in [0.1, 0.15) is 0 Å². The Balaban J connectivity index is 1.33. The lowest BCUT2D eigenvalue weighted by atomic mass is 10.00. The molecule has 0 saturated carbocycles. The van der Waals surface area contributed by atoms with E-state index in [0.717, 1.165) is 18.6 Å². The average Bonchev–Trinajstić information content (AvgIpc) is 2.75. The zero-order valence-corrected chi connectivity index (χ0v) is 17.2. The Bertz CT molecular complexity index is 1050. The second-order valence-electron chi connectivity index (χ2n) is 7.59. The second-order valence-corrected chi connectivity index (χ2v) is 9.53. The summed E-state index contributed by atoms with van der Waals surface area (Å²) in [5.41, 5.74) is 2.44. The van der Waals surface area contributed by atoms with Crippen molar-refractivity contribution in [1.82, 2.24) is 14.1 Å². The van der Waals surface area contributed by atoms with Gasteiger partial charge in [-0.05, 0) is 35.7 Å². The van der Waals surface area contributed by atoms with Crippen LogP contribution < -0.4 is 0 Å². The first kappa shape index (κ1) is 20.9. The fourth-order valence-electron chi connectivity index (χ4n) is 3.91. The Morgan fingerprint density at radius 2 is 1.60 bits per heavy atom. The quantitative estimate of drug-likeness (QED) is 0.736. The van der Waals surface area contributed by atoms with Gasteiger partial charge >= 0.3 is 0 Å². The molecular weight excluding hydrogens is 412 g/mol. The Morgan fingerprint density at radius 3 is 2.30 bits per heavy atom. The minimum Gasteiger partial charge on any atom is -0.337 e. The second kappa shape index (κ2) is 8.41. The molecule has 0 unspecified atom stereocenters. The molecule has 30 heavy (non-hydrogen) atoms. The molecule has 6 nitrogen and oxygen atoms in total. The van der Waals surface area contributed by atoms with Crippen molar-refractivity contribution in [2.24, 2.45) is 0 Å². The third-order valence-electron chi connectivity index (χ3n) is 5.70. The van der Waals surface area contributed by atoms with Crippen LogP contribution in [-0.4, -0.2) is 67.7 Å². The van der Waals surface area contributed by atoms with Gasteiger partial charge in [-0.3, -0.25) is 9.69 Å². The van der Waals surface area contributed by atoms with Crippen LogP contribution in [0.2, 0.25) is 0 Å². The molecule has 0 N–H and O–H groups in total. The summed E-state index contributed by atoms with van der Waals surface area (Å²) in [5, 5.41) is 0. The van der Waals surface area contributed by atoms with E-state index in [-0.39, 0.29) is 30.4 Å². The fourth-order valence-corrected chi connectivity index (χ4v) is 5.35. The van der Waals surface area contributed by atoms with Crippen molar-refractivity contribution in [3.8, 4) is 0 Å². The molecule has 0 aromatic heterocycles. The summed E-state index contributed by atoms with van der Waals surface area (Å²) in [5.74, 6) is -2.25. The summed E-state index contributed by atoms with van der Waals surface area (Å²) < 4.78 is 53.2. The van der Waals surface area contributed by atoms with Crippen molar-refractivity contribution in [3.05, 3.63) is 65.2 Å². The van der Waals surface area contributed by atoms with Crippen LogP contribution in [0, 0.1) is 11.6 Å². The molecule has 1 fully saturated rings. The molecule has 2 heterocycles. The molecule has 2 aliphatic heterocycles. The minimum atomic E-state index is -3.90. The van der Waals surface area contributed by atoms with Crippen LogP contribution in [0.5, 0.6) is 0 Å². The number of hydrogen-bond acceptors (Lipinski definition) is 4. The summed E-state index contributed by atoms with van der Waals surface area (Å²) >= 11 is 0. The van der Waals surface area contributed by atoms with Crippen molar-refractivity contribution in [2.75, 3.05) is 39.3 Å². The first-order valence-electron chi connectivity index (χ1n) is 9.87. The lowest BCUT2D eigenvalue weighted by Gasteiger charge is -2.35. The van der Waals surface area contributed by atoms with Gasteiger partial charge in [0.25, 0.3) is 0 Å². The zero-order valence-electron chi connectivity index (χ0n) is 16.4. The van der Waals surface area contributed by atoms with Crippen LogP contribution in [0.4, 0.5) is 8.78 Å². The lowest BCUT2D eigenvalue weighted by Crippen LogP contribution is -2.51. The van der Waals surface area contributed by atoms with Crippen LogP contribution in [0.1, 0.15) is 11.1 Å². The molecule has 0 aliphatic carbocycles. The molecule has 1 amide bonds. The summed E-state index contributed by atoms with van der Waals surface area (Å²) in [6.07, 6.45) is 0.835. The van der Waals surface area contributed by atoms with Gasteiger partial charge in [-0.2, -0.15) is 4.31 Å². The highest BCUT2D eigenvalue weighted by Crippen LogP contribution is 2.21. The van der Waals surface area contributed by atoms with Crippen molar-refractivity contribution in [3.63, 3.8) is 0 Å². The molecule has 2 aromatic rings. The number of halogens is 2. The van der Waals surface area contributed by atoms with Crippen molar-refractivity contribution in [1.29, 1.82) is 0 Å². The average molecular weight is 435 g/mol.